The van der Waals surface area contributed by atoms with Crippen LogP contribution in [0.2, 0.25) is 0 Å². The highest BCUT2D eigenvalue weighted by molar-refractivity contribution is 5.80. The Morgan fingerprint density at radius 2 is 1.96 bits per heavy atom. The average molecular weight is 338 g/mol. The van der Waals surface area contributed by atoms with E-state index in [1.807, 2.05) is 35.1 Å². The standard InChI is InChI=1S/C19H22N4O2/c24-17-6-9-21(10-7-17)11-12-23-18-5-4-16(13-15(18)14-20-23)22-8-2-1-3-19(22)25/h1-5,8,13-14,17,24H,6-7,9-12H2. The lowest BCUT2D eigenvalue weighted by Gasteiger charge is -2.29. The lowest BCUT2D eigenvalue weighted by molar-refractivity contribution is 0.0807. The van der Waals surface area contributed by atoms with Crippen LogP contribution in [0.3, 0.4) is 0 Å². The fraction of sp³-hybridized carbons (Fsp3) is 0.368. The Morgan fingerprint density at radius 1 is 1.12 bits per heavy atom. The van der Waals surface area contributed by atoms with Gasteiger partial charge in [0.1, 0.15) is 0 Å². The van der Waals surface area contributed by atoms with E-state index in [4.69, 9.17) is 0 Å². The first-order chi connectivity index (χ1) is 12.2. The van der Waals surface area contributed by atoms with Crippen LogP contribution in [0.4, 0.5) is 0 Å². The zero-order chi connectivity index (χ0) is 17.2. The first-order valence-electron chi connectivity index (χ1n) is 8.75. The molecule has 1 saturated heterocycles. The van der Waals surface area contributed by atoms with Crippen LogP contribution in [0.15, 0.2) is 53.6 Å². The molecule has 1 fully saturated rings. The molecule has 0 saturated carbocycles. The third-order valence-corrected chi connectivity index (χ3v) is 4.91. The van der Waals surface area contributed by atoms with Gasteiger partial charge in [-0.15, -0.1) is 0 Å². The molecule has 1 aromatic carbocycles. The van der Waals surface area contributed by atoms with Crippen LogP contribution in [0.5, 0.6) is 0 Å². The van der Waals surface area contributed by atoms with E-state index in [1.165, 1.54) is 0 Å². The molecular formula is C19H22N4O2. The highest BCUT2D eigenvalue weighted by Crippen LogP contribution is 2.18. The van der Waals surface area contributed by atoms with Crippen molar-refractivity contribution in [3.8, 4) is 5.69 Å². The second-order valence-electron chi connectivity index (χ2n) is 6.59. The van der Waals surface area contributed by atoms with Crippen molar-refractivity contribution in [3.63, 3.8) is 0 Å². The van der Waals surface area contributed by atoms with Crippen molar-refractivity contribution in [1.29, 1.82) is 0 Å². The van der Waals surface area contributed by atoms with Gasteiger partial charge >= 0.3 is 0 Å². The summed E-state index contributed by atoms with van der Waals surface area (Å²) >= 11 is 0. The first kappa shape index (κ1) is 16.1. The highest BCUT2D eigenvalue weighted by atomic mass is 16.3. The van der Waals surface area contributed by atoms with Crippen molar-refractivity contribution in [2.45, 2.75) is 25.5 Å². The number of piperidine rings is 1. The minimum Gasteiger partial charge on any atom is -0.393 e. The van der Waals surface area contributed by atoms with Gasteiger partial charge in [0.2, 0.25) is 0 Å². The molecular weight excluding hydrogens is 316 g/mol. The molecule has 1 aliphatic rings. The van der Waals surface area contributed by atoms with Crippen LogP contribution < -0.4 is 5.56 Å². The Kier molecular flexibility index (Phi) is 4.38. The third-order valence-electron chi connectivity index (χ3n) is 4.91. The Bertz CT molecular complexity index is 922. The highest BCUT2D eigenvalue weighted by Gasteiger charge is 2.16. The summed E-state index contributed by atoms with van der Waals surface area (Å²) in [6.45, 7) is 3.65. The normalized spacial score (nSPS) is 16.5. The van der Waals surface area contributed by atoms with E-state index >= 15 is 0 Å². The molecule has 0 atom stereocenters. The maximum atomic E-state index is 12.0. The fourth-order valence-corrected chi connectivity index (χ4v) is 3.42. The number of pyridine rings is 1. The molecule has 3 heterocycles. The van der Waals surface area contributed by atoms with Crippen LogP contribution in [0.25, 0.3) is 16.6 Å². The zero-order valence-corrected chi connectivity index (χ0v) is 14.1. The number of benzene rings is 1. The molecule has 0 spiro atoms. The van der Waals surface area contributed by atoms with Crippen molar-refractivity contribution in [1.82, 2.24) is 19.2 Å². The average Bonchev–Trinajstić information content (AvgIpc) is 3.04. The number of hydrogen-bond donors (Lipinski definition) is 1. The molecule has 6 heteroatoms. The second-order valence-corrected chi connectivity index (χ2v) is 6.59. The number of aliphatic hydroxyl groups is 1. The van der Waals surface area contributed by atoms with Gasteiger partial charge in [-0.1, -0.05) is 6.07 Å². The molecule has 0 unspecified atom stereocenters. The Labute approximate surface area is 145 Å². The summed E-state index contributed by atoms with van der Waals surface area (Å²) in [6, 6.07) is 11.1. The summed E-state index contributed by atoms with van der Waals surface area (Å²) in [6.07, 6.45) is 5.21. The molecule has 1 aliphatic heterocycles. The summed E-state index contributed by atoms with van der Waals surface area (Å²) in [5.74, 6) is 0. The number of rotatable bonds is 4. The topological polar surface area (TPSA) is 63.3 Å². The minimum atomic E-state index is -0.137. The summed E-state index contributed by atoms with van der Waals surface area (Å²) in [4.78, 5) is 14.4. The van der Waals surface area contributed by atoms with Gasteiger partial charge in [0.15, 0.2) is 0 Å². The van der Waals surface area contributed by atoms with E-state index in [9.17, 15) is 9.90 Å². The molecule has 1 N–H and O–H groups in total. The van der Waals surface area contributed by atoms with E-state index in [1.54, 1.807) is 22.9 Å². The van der Waals surface area contributed by atoms with Crippen molar-refractivity contribution >= 4 is 10.9 Å². The number of likely N-dealkylation sites (tertiary alicyclic amines) is 1. The van der Waals surface area contributed by atoms with E-state index < -0.39 is 0 Å². The third kappa shape index (κ3) is 3.36. The van der Waals surface area contributed by atoms with Gasteiger partial charge in [0, 0.05) is 43.0 Å². The smallest absolute Gasteiger partial charge is 0.255 e. The number of hydrogen-bond acceptors (Lipinski definition) is 4. The molecule has 6 nitrogen and oxygen atoms in total. The Balaban J connectivity index is 1.52. The molecule has 0 bridgehead atoms. The summed E-state index contributed by atoms with van der Waals surface area (Å²) < 4.78 is 3.65. The van der Waals surface area contributed by atoms with E-state index in [0.717, 1.165) is 55.6 Å². The quantitative estimate of drug-likeness (QED) is 0.786. The van der Waals surface area contributed by atoms with Gasteiger partial charge < -0.3 is 10.0 Å². The lowest BCUT2D eigenvalue weighted by atomic mass is 10.1. The molecule has 0 aliphatic carbocycles. The summed E-state index contributed by atoms with van der Waals surface area (Å²) in [7, 11) is 0. The fourth-order valence-electron chi connectivity index (χ4n) is 3.42. The summed E-state index contributed by atoms with van der Waals surface area (Å²) in [5, 5.41) is 15.1. The largest absolute Gasteiger partial charge is 0.393 e. The maximum Gasteiger partial charge on any atom is 0.255 e. The van der Waals surface area contributed by atoms with Crippen LogP contribution >= 0.6 is 0 Å². The number of aliphatic hydroxyl groups excluding tert-OH is 1. The van der Waals surface area contributed by atoms with Crippen LogP contribution in [0, 0.1) is 0 Å². The van der Waals surface area contributed by atoms with Crippen LogP contribution in [-0.4, -0.2) is 50.1 Å². The van der Waals surface area contributed by atoms with E-state index in [-0.39, 0.29) is 11.7 Å². The lowest BCUT2D eigenvalue weighted by Crippen LogP contribution is -2.37. The van der Waals surface area contributed by atoms with Gasteiger partial charge in [0.05, 0.1) is 24.4 Å². The molecule has 0 amide bonds. The van der Waals surface area contributed by atoms with Gasteiger partial charge in [-0.2, -0.15) is 5.10 Å². The van der Waals surface area contributed by atoms with Crippen molar-refractivity contribution in [2.75, 3.05) is 19.6 Å². The molecule has 25 heavy (non-hydrogen) atoms. The van der Waals surface area contributed by atoms with Gasteiger partial charge in [-0.25, -0.2) is 0 Å². The zero-order valence-electron chi connectivity index (χ0n) is 14.1. The molecule has 2 aromatic heterocycles. The van der Waals surface area contributed by atoms with Gasteiger partial charge in [-0.3, -0.25) is 14.0 Å². The van der Waals surface area contributed by atoms with Crippen molar-refractivity contribution in [3.05, 3.63) is 59.1 Å². The number of aromatic nitrogens is 3. The van der Waals surface area contributed by atoms with Crippen molar-refractivity contribution < 1.29 is 5.11 Å². The number of fused-ring (bicyclic) bond motifs is 1. The molecule has 0 radical (unpaired) electrons. The monoisotopic (exact) mass is 338 g/mol. The Hall–Kier alpha value is -2.44. The van der Waals surface area contributed by atoms with E-state index in [0.29, 0.717) is 0 Å². The summed E-state index contributed by atoms with van der Waals surface area (Å²) in [5.41, 5.74) is 1.88. The Morgan fingerprint density at radius 3 is 2.76 bits per heavy atom. The molecule has 130 valence electrons. The predicted octanol–water partition coefficient (Wildman–Crippen LogP) is 1.64. The van der Waals surface area contributed by atoms with E-state index in [2.05, 4.69) is 10.00 Å². The van der Waals surface area contributed by atoms with Gasteiger partial charge in [-0.05, 0) is 37.1 Å². The maximum absolute atomic E-state index is 12.0. The van der Waals surface area contributed by atoms with Crippen LogP contribution in [0.1, 0.15) is 12.8 Å². The predicted molar refractivity (Wildman–Crippen MR) is 97.0 cm³/mol. The molecule has 3 aromatic rings. The van der Waals surface area contributed by atoms with Gasteiger partial charge in [0.25, 0.3) is 5.56 Å². The number of nitrogens with zero attached hydrogens (tertiary/aromatic N) is 4. The van der Waals surface area contributed by atoms with Crippen molar-refractivity contribution in [2.24, 2.45) is 0 Å². The SMILES string of the molecule is O=c1ccccn1-c1ccc2c(cnn2CCN2CCC(O)CC2)c1. The second kappa shape index (κ2) is 6.82. The minimum absolute atomic E-state index is 0.0403. The molecule has 4 rings (SSSR count). The van der Waals surface area contributed by atoms with Crippen LogP contribution in [-0.2, 0) is 6.54 Å². The first-order valence-corrected chi connectivity index (χ1v) is 8.75.